The van der Waals surface area contributed by atoms with E-state index in [1.54, 1.807) is 31.2 Å². The Morgan fingerprint density at radius 1 is 1.06 bits per heavy atom. The van der Waals surface area contributed by atoms with E-state index in [4.69, 9.17) is 0 Å². The fourth-order valence-corrected chi connectivity index (χ4v) is 5.48. The number of carbonyl (C=O) groups is 3. The number of nitrogens with zero attached hydrogens (tertiary/aromatic N) is 3. The van der Waals surface area contributed by atoms with Gasteiger partial charge in [0.25, 0.3) is 5.69 Å². The molecule has 0 aliphatic carbocycles. The van der Waals surface area contributed by atoms with Crippen LogP contribution >= 0.6 is 0 Å². The third-order valence-electron chi connectivity index (χ3n) is 6.82. The molecule has 0 N–H and O–H groups in total. The molecule has 0 radical (unpaired) electrons. The lowest BCUT2D eigenvalue weighted by Crippen LogP contribution is -2.46. The average molecular weight is 419 g/mol. The molecule has 158 valence electrons. The molecule has 8 nitrogen and oxygen atoms in total. The number of fused-ring (bicyclic) bond motifs is 3. The number of benzene rings is 2. The van der Waals surface area contributed by atoms with Gasteiger partial charge in [-0.15, -0.1) is 0 Å². The summed E-state index contributed by atoms with van der Waals surface area (Å²) < 4.78 is 0. The van der Waals surface area contributed by atoms with Gasteiger partial charge >= 0.3 is 0 Å². The molecule has 2 amide bonds. The topological polar surface area (TPSA) is 101 Å². The molecule has 2 aromatic carbocycles. The molecule has 4 atom stereocenters. The lowest BCUT2D eigenvalue weighted by Gasteiger charge is -2.28. The van der Waals surface area contributed by atoms with Crippen LogP contribution in [0.4, 0.5) is 11.4 Å². The summed E-state index contributed by atoms with van der Waals surface area (Å²) in [5.41, 5.74) is 1.16. The maximum absolute atomic E-state index is 13.6. The van der Waals surface area contributed by atoms with E-state index in [0.717, 1.165) is 17.7 Å². The SMILES string of the molecule is Cc1ccc([N+](=O)[O-])cc1N1C(=O)[C@@H]2[C@H](C1=O)[C@H]1CCCN1[C@@H]2C(=O)c1ccccc1. The second-order valence-corrected chi connectivity index (χ2v) is 8.41. The summed E-state index contributed by atoms with van der Waals surface area (Å²) in [5.74, 6) is -2.34. The lowest BCUT2D eigenvalue weighted by molar-refractivity contribution is -0.384. The van der Waals surface area contributed by atoms with Crippen molar-refractivity contribution in [3.63, 3.8) is 0 Å². The molecule has 3 fully saturated rings. The molecule has 3 heterocycles. The van der Waals surface area contributed by atoms with Crippen LogP contribution in [-0.4, -0.2) is 46.0 Å². The summed E-state index contributed by atoms with van der Waals surface area (Å²) in [6.45, 7) is 2.39. The minimum atomic E-state index is -0.774. The van der Waals surface area contributed by atoms with E-state index in [9.17, 15) is 24.5 Å². The van der Waals surface area contributed by atoms with Gasteiger partial charge in [0.15, 0.2) is 5.78 Å². The Morgan fingerprint density at radius 3 is 2.48 bits per heavy atom. The van der Waals surface area contributed by atoms with Crippen LogP contribution in [-0.2, 0) is 9.59 Å². The maximum atomic E-state index is 13.6. The Bertz CT molecular complexity index is 1120. The molecule has 2 aromatic rings. The Hall–Kier alpha value is -3.39. The standard InChI is InChI=1S/C23H21N3O5/c1-13-9-10-15(26(30)31)12-17(13)25-22(28)18-16-8-5-11-24(16)20(19(18)23(25)29)21(27)14-6-3-2-4-7-14/h2-4,6-7,9-10,12,16,18-20H,5,8,11H2,1H3/t16-,18-,19-,20+/m1/s1. The van der Waals surface area contributed by atoms with Crippen LogP contribution < -0.4 is 4.90 Å². The van der Waals surface area contributed by atoms with Crippen molar-refractivity contribution in [1.29, 1.82) is 0 Å². The van der Waals surface area contributed by atoms with Gasteiger partial charge in [-0.25, -0.2) is 4.90 Å². The number of Topliss-reactive ketones (excluding diaryl/α,β-unsaturated/α-hetero) is 1. The minimum Gasteiger partial charge on any atom is -0.292 e. The molecule has 5 rings (SSSR count). The normalized spacial score (nSPS) is 27.5. The minimum absolute atomic E-state index is 0.154. The molecule has 8 heteroatoms. The molecule has 0 unspecified atom stereocenters. The van der Waals surface area contributed by atoms with Gasteiger partial charge in [-0.2, -0.15) is 0 Å². The van der Waals surface area contributed by atoms with Gasteiger partial charge in [0.1, 0.15) is 0 Å². The highest BCUT2D eigenvalue weighted by Crippen LogP contribution is 2.49. The average Bonchev–Trinajstić information content (AvgIpc) is 3.41. The summed E-state index contributed by atoms with van der Waals surface area (Å²) in [5, 5.41) is 11.3. The van der Waals surface area contributed by atoms with E-state index in [0.29, 0.717) is 17.7 Å². The zero-order chi connectivity index (χ0) is 21.9. The highest BCUT2D eigenvalue weighted by Gasteiger charge is 2.64. The number of ketones is 1. The number of carbonyl (C=O) groups excluding carboxylic acids is 3. The third-order valence-corrected chi connectivity index (χ3v) is 6.82. The first-order valence-corrected chi connectivity index (χ1v) is 10.4. The fourth-order valence-electron chi connectivity index (χ4n) is 5.48. The Labute approximate surface area is 178 Å². The second kappa shape index (κ2) is 7.09. The second-order valence-electron chi connectivity index (χ2n) is 8.41. The molecule has 0 aromatic heterocycles. The van der Waals surface area contributed by atoms with E-state index >= 15 is 0 Å². The number of aryl methyl sites for hydroxylation is 1. The van der Waals surface area contributed by atoms with E-state index < -0.39 is 28.7 Å². The van der Waals surface area contributed by atoms with E-state index in [-0.39, 0.29) is 29.1 Å². The number of hydrogen-bond donors (Lipinski definition) is 0. The Balaban J connectivity index is 1.58. The summed E-state index contributed by atoms with van der Waals surface area (Å²) in [4.78, 5) is 54.3. The van der Waals surface area contributed by atoms with Crippen LogP contribution in [0.5, 0.6) is 0 Å². The summed E-state index contributed by atoms with van der Waals surface area (Å²) in [6.07, 6.45) is 1.62. The first-order chi connectivity index (χ1) is 14.9. The Morgan fingerprint density at radius 2 is 1.77 bits per heavy atom. The number of anilines is 1. The van der Waals surface area contributed by atoms with E-state index in [1.165, 1.54) is 18.2 Å². The van der Waals surface area contributed by atoms with Crippen LogP contribution in [0.2, 0.25) is 0 Å². The van der Waals surface area contributed by atoms with Crippen molar-refractivity contribution in [2.75, 3.05) is 11.4 Å². The molecular formula is C23H21N3O5. The monoisotopic (exact) mass is 419 g/mol. The van der Waals surface area contributed by atoms with Crippen LogP contribution in [0.15, 0.2) is 48.5 Å². The quantitative estimate of drug-likeness (QED) is 0.327. The Kier molecular flexibility index (Phi) is 4.48. The summed E-state index contributed by atoms with van der Waals surface area (Å²) in [7, 11) is 0. The molecule has 3 aliphatic heterocycles. The number of non-ortho nitro benzene ring substituents is 1. The van der Waals surface area contributed by atoms with Crippen molar-refractivity contribution in [3.05, 3.63) is 69.8 Å². The van der Waals surface area contributed by atoms with E-state index in [2.05, 4.69) is 0 Å². The molecule has 0 spiro atoms. The van der Waals surface area contributed by atoms with Crippen LogP contribution in [0.1, 0.15) is 28.8 Å². The van der Waals surface area contributed by atoms with Crippen molar-refractivity contribution < 1.29 is 19.3 Å². The number of hydrogen-bond acceptors (Lipinski definition) is 6. The van der Waals surface area contributed by atoms with Gasteiger partial charge in [0.05, 0.1) is 28.5 Å². The van der Waals surface area contributed by atoms with Gasteiger partial charge < -0.3 is 0 Å². The number of nitro groups is 1. The zero-order valence-corrected chi connectivity index (χ0v) is 16.9. The van der Waals surface area contributed by atoms with Crippen LogP contribution in [0.3, 0.4) is 0 Å². The van der Waals surface area contributed by atoms with E-state index in [1.807, 2.05) is 11.0 Å². The number of nitro benzene ring substituents is 1. The number of imide groups is 1. The molecule has 0 bridgehead atoms. The fraction of sp³-hybridized carbons (Fsp3) is 0.348. The van der Waals surface area contributed by atoms with Crippen molar-refractivity contribution in [2.45, 2.75) is 31.8 Å². The zero-order valence-electron chi connectivity index (χ0n) is 16.9. The molecule has 0 saturated carbocycles. The molecule has 3 aliphatic rings. The molecule has 31 heavy (non-hydrogen) atoms. The largest absolute Gasteiger partial charge is 0.292 e. The third kappa shape index (κ3) is 2.82. The predicted octanol–water partition coefficient (Wildman–Crippen LogP) is 2.74. The maximum Gasteiger partial charge on any atom is 0.271 e. The highest BCUT2D eigenvalue weighted by atomic mass is 16.6. The van der Waals surface area contributed by atoms with Crippen LogP contribution in [0, 0.1) is 28.9 Å². The van der Waals surface area contributed by atoms with Crippen LogP contribution in [0.25, 0.3) is 0 Å². The van der Waals surface area contributed by atoms with Gasteiger partial charge in [-0.05, 0) is 31.9 Å². The smallest absolute Gasteiger partial charge is 0.271 e. The van der Waals surface area contributed by atoms with Crippen molar-refractivity contribution in [2.24, 2.45) is 11.8 Å². The van der Waals surface area contributed by atoms with Crippen molar-refractivity contribution >= 4 is 29.0 Å². The predicted molar refractivity (Wildman–Crippen MR) is 112 cm³/mol. The summed E-state index contributed by atoms with van der Waals surface area (Å²) >= 11 is 0. The molecular weight excluding hydrogens is 398 g/mol. The first-order valence-electron chi connectivity index (χ1n) is 10.4. The van der Waals surface area contributed by atoms with Gasteiger partial charge in [0, 0.05) is 23.7 Å². The first kappa shape index (κ1) is 19.6. The van der Waals surface area contributed by atoms with Gasteiger partial charge in [-0.1, -0.05) is 36.4 Å². The van der Waals surface area contributed by atoms with Crippen molar-refractivity contribution in [1.82, 2.24) is 4.90 Å². The lowest BCUT2D eigenvalue weighted by atomic mass is 9.85. The highest BCUT2D eigenvalue weighted by molar-refractivity contribution is 6.25. The van der Waals surface area contributed by atoms with Gasteiger partial charge in [0.2, 0.25) is 11.8 Å². The number of rotatable bonds is 4. The summed E-state index contributed by atoms with van der Waals surface area (Å²) in [6, 6.07) is 12.1. The molecule has 3 saturated heterocycles. The van der Waals surface area contributed by atoms with Crippen molar-refractivity contribution in [3.8, 4) is 0 Å². The van der Waals surface area contributed by atoms with Gasteiger partial charge in [-0.3, -0.25) is 29.4 Å². The number of amides is 2.